The van der Waals surface area contributed by atoms with Crippen LogP contribution in [0.15, 0.2) is 22.7 Å². The Balaban J connectivity index is 1.31. The van der Waals surface area contributed by atoms with Crippen molar-refractivity contribution in [1.29, 1.82) is 0 Å². The van der Waals surface area contributed by atoms with Gasteiger partial charge in [-0.3, -0.25) is 10.1 Å². The van der Waals surface area contributed by atoms with Gasteiger partial charge in [-0.2, -0.15) is 0 Å². The van der Waals surface area contributed by atoms with Gasteiger partial charge in [0.15, 0.2) is 5.16 Å². The molecule has 1 aliphatic carbocycles. The Morgan fingerprint density at radius 1 is 1.24 bits per heavy atom. The Bertz CT molecular complexity index is 930. The standard InChI is InChI=1S/C19H24N6OS3/c1-2-25-15(11-14-9-6-10-27-14)21-24-19(25)28-12-16(26)20-18-23-22-17(29-18)13-7-4-3-5-8-13/h6,9-10,13H,2-5,7-8,11-12H2,1H3,(H,20,23,26). The molecule has 3 heterocycles. The number of nitrogens with one attached hydrogen (secondary N) is 1. The van der Waals surface area contributed by atoms with Gasteiger partial charge in [-0.1, -0.05) is 48.4 Å². The number of nitrogens with zero attached hydrogens (tertiary/aromatic N) is 5. The van der Waals surface area contributed by atoms with Crippen LogP contribution in [0.3, 0.4) is 0 Å². The molecule has 1 amide bonds. The van der Waals surface area contributed by atoms with Crippen molar-refractivity contribution in [2.45, 2.75) is 63.1 Å². The van der Waals surface area contributed by atoms with Crippen LogP contribution < -0.4 is 5.32 Å². The lowest BCUT2D eigenvalue weighted by molar-refractivity contribution is -0.113. The van der Waals surface area contributed by atoms with Crippen LogP contribution in [-0.2, 0) is 17.8 Å². The van der Waals surface area contributed by atoms with E-state index in [-0.39, 0.29) is 11.7 Å². The second kappa shape index (κ2) is 9.82. The number of thiophene rings is 1. The number of anilines is 1. The summed E-state index contributed by atoms with van der Waals surface area (Å²) in [7, 11) is 0. The Kier molecular flexibility index (Phi) is 6.94. The summed E-state index contributed by atoms with van der Waals surface area (Å²) >= 11 is 4.63. The first-order valence-corrected chi connectivity index (χ1v) is 12.6. The lowest BCUT2D eigenvalue weighted by atomic mass is 9.90. The van der Waals surface area contributed by atoms with Crippen LogP contribution in [0.2, 0.25) is 0 Å². The molecule has 0 spiro atoms. The number of aromatic nitrogens is 5. The van der Waals surface area contributed by atoms with Gasteiger partial charge in [0.2, 0.25) is 11.0 Å². The zero-order chi connectivity index (χ0) is 20.1. The second-order valence-electron chi connectivity index (χ2n) is 7.02. The highest BCUT2D eigenvalue weighted by atomic mass is 32.2. The molecule has 0 aromatic carbocycles. The molecule has 3 aromatic heterocycles. The summed E-state index contributed by atoms with van der Waals surface area (Å²) in [6.45, 7) is 2.85. The predicted molar refractivity (Wildman–Crippen MR) is 118 cm³/mol. The van der Waals surface area contributed by atoms with E-state index >= 15 is 0 Å². The molecule has 29 heavy (non-hydrogen) atoms. The third kappa shape index (κ3) is 5.23. The Morgan fingerprint density at radius 3 is 2.86 bits per heavy atom. The van der Waals surface area contributed by atoms with Crippen molar-refractivity contribution in [3.63, 3.8) is 0 Å². The SMILES string of the molecule is CCn1c(Cc2cccs2)nnc1SCC(=O)Nc1nnc(C2CCCCC2)s1. The average molecular weight is 449 g/mol. The summed E-state index contributed by atoms with van der Waals surface area (Å²) in [5.74, 6) is 1.62. The molecular formula is C19H24N6OS3. The van der Waals surface area contributed by atoms with Crippen molar-refractivity contribution in [3.8, 4) is 0 Å². The molecular weight excluding hydrogens is 424 g/mol. The van der Waals surface area contributed by atoms with Crippen molar-refractivity contribution >= 4 is 45.5 Å². The van der Waals surface area contributed by atoms with E-state index in [0.717, 1.165) is 29.0 Å². The molecule has 0 bridgehead atoms. The summed E-state index contributed by atoms with van der Waals surface area (Å²) < 4.78 is 2.07. The number of carbonyl (C=O) groups is 1. The van der Waals surface area contributed by atoms with Gasteiger partial charge in [0, 0.05) is 23.8 Å². The first kappa shape index (κ1) is 20.5. The second-order valence-corrected chi connectivity index (χ2v) is 10.0. The lowest BCUT2D eigenvalue weighted by Crippen LogP contribution is -2.14. The first-order valence-electron chi connectivity index (χ1n) is 9.93. The number of hydrogen-bond acceptors (Lipinski definition) is 8. The van der Waals surface area contributed by atoms with E-state index in [1.807, 2.05) is 6.07 Å². The maximum absolute atomic E-state index is 12.4. The van der Waals surface area contributed by atoms with Gasteiger partial charge in [0.1, 0.15) is 10.8 Å². The fraction of sp³-hybridized carbons (Fsp3) is 0.526. The molecule has 1 N–H and O–H groups in total. The van der Waals surface area contributed by atoms with E-state index in [2.05, 4.69) is 48.6 Å². The highest BCUT2D eigenvalue weighted by Gasteiger charge is 2.20. The van der Waals surface area contributed by atoms with Gasteiger partial charge in [0.25, 0.3) is 0 Å². The Morgan fingerprint density at radius 2 is 2.10 bits per heavy atom. The molecule has 3 aromatic rings. The largest absolute Gasteiger partial charge is 0.306 e. The monoisotopic (exact) mass is 448 g/mol. The maximum Gasteiger partial charge on any atom is 0.236 e. The summed E-state index contributed by atoms with van der Waals surface area (Å²) in [4.78, 5) is 13.6. The molecule has 1 aliphatic rings. The first-order chi connectivity index (χ1) is 14.2. The van der Waals surface area contributed by atoms with E-state index < -0.39 is 0 Å². The van der Waals surface area contributed by atoms with E-state index in [4.69, 9.17) is 0 Å². The summed E-state index contributed by atoms with van der Waals surface area (Å²) in [6.07, 6.45) is 6.95. The van der Waals surface area contributed by atoms with Crippen LogP contribution in [0.5, 0.6) is 0 Å². The summed E-state index contributed by atoms with van der Waals surface area (Å²) in [5, 5.41) is 24.4. The molecule has 4 rings (SSSR count). The topological polar surface area (TPSA) is 85.6 Å². The van der Waals surface area contributed by atoms with Crippen molar-refractivity contribution in [1.82, 2.24) is 25.0 Å². The van der Waals surface area contributed by atoms with Crippen LogP contribution in [0.1, 0.15) is 60.7 Å². The molecule has 0 radical (unpaired) electrons. The number of hydrogen-bond donors (Lipinski definition) is 1. The minimum absolute atomic E-state index is 0.0909. The lowest BCUT2D eigenvalue weighted by Gasteiger charge is -2.18. The van der Waals surface area contributed by atoms with Gasteiger partial charge < -0.3 is 4.57 Å². The molecule has 1 saturated carbocycles. The minimum Gasteiger partial charge on any atom is -0.306 e. The van der Waals surface area contributed by atoms with Crippen LogP contribution >= 0.6 is 34.4 Å². The number of amides is 1. The highest BCUT2D eigenvalue weighted by molar-refractivity contribution is 7.99. The minimum atomic E-state index is -0.0909. The predicted octanol–water partition coefficient (Wildman–Crippen LogP) is 4.58. The van der Waals surface area contributed by atoms with Gasteiger partial charge in [0.05, 0.1) is 5.75 Å². The molecule has 7 nitrogen and oxygen atoms in total. The van der Waals surface area contributed by atoms with Crippen LogP contribution in [0.4, 0.5) is 5.13 Å². The quantitative estimate of drug-likeness (QED) is 0.508. The number of thioether (sulfide) groups is 1. The van der Waals surface area contributed by atoms with E-state index in [9.17, 15) is 4.79 Å². The van der Waals surface area contributed by atoms with Gasteiger partial charge in [-0.25, -0.2) is 0 Å². The maximum atomic E-state index is 12.4. The van der Waals surface area contributed by atoms with Crippen LogP contribution in [0.25, 0.3) is 0 Å². The van der Waals surface area contributed by atoms with Crippen LogP contribution in [-0.4, -0.2) is 36.6 Å². The fourth-order valence-corrected chi connectivity index (χ4v) is 5.98. The van der Waals surface area contributed by atoms with Gasteiger partial charge in [-0.15, -0.1) is 31.7 Å². The third-order valence-electron chi connectivity index (χ3n) is 5.00. The Labute approximate surface area is 182 Å². The Hall–Kier alpha value is -1.78. The van der Waals surface area contributed by atoms with Crippen molar-refractivity contribution < 1.29 is 4.79 Å². The molecule has 0 aliphatic heterocycles. The van der Waals surface area contributed by atoms with Crippen molar-refractivity contribution in [2.75, 3.05) is 11.1 Å². The average Bonchev–Trinajstić information content (AvgIpc) is 3.49. The zero-order valence-corrected chi connectivity index (χ0v) is 18.8. The van der Waals surface area contributed by atoms with Crippen molar-refractivity contribution in [2.24, 2.45) is 0 Å². The molecule has 10 heteroatoms. The number of carbonyl (C=O) groups excluding carboxylic acids is 1. The molecule has 0 atom stereocenters. The number of rotatable bonds is 8. The van der Waals surface area contributed by atoms with Crippen LogP contribution in [0, 0.1) is 0 Å². The van der Waals surface area contributed by atoms with Gasteiger partial charge in [-0.05, 0) is 31.2 Å². The normalized spacial score (nSPS) is 14.9. The van der Waals surface area contributed by atoms with Gasteiger partial charge >= 0.3 is 0 Å². The van der Waals surface area contributed by atoms with E-state index in [1.54, 1.807) is 11.3 Å². The molecule has 0 saturated heterocycles. The van der Waals surface area contributed by atoms with E-state index in [0.29, 0.717) is 11.0 Å². The molecule has 154 valence electrons. The fourth-order valence-electron chi connectivity index (χ4n) is 3.53. The summed E-state index contributed by atoms with van der Waals surface area (Å²) in [5.41, 5.74) is 0. The van der Waals surface area contributed by atoms with E-state index in [1.165, 1.54) is 60.1 Å². The molecule has 0 unspecified atom stereocenters. The smallest absolute Gasteiger partial charge is 0.236 e. The highest BCUT2D eigenvalue weighted by Crippen LogP contribution is 2.35. The third-order valence-corrected chi connectivity index (χ3v) is 7.84. The molecule has 1 fully saturated rings. The zero-order valence-electron chi connectivity index (χ0n) is 16.3. The van der Waals surface area contributed by atoms with Crippen molar-refractivity contribution in [3.05, 3.63) is 33.2 Å². The summed E-state index contributed by atoms with van der Waals surface area (Å²) in [6, 6.07) is 4.14.